The Kier molecular flexibility index (Phi) is 2.80. The van der Waals surface area contributed by atoms with Gasteiger partial charge in [0.2, 0.25) is 0 Å². The summed E-state index contributed by atoms with van der Waals surface area (Å²) in [6.07, 6.45) is 11.5. The molecule has 1 atom stereocenters. The lowest BCUT2D eigenvalue weighted by atomic mass is 9.92. The summed E-state index contributed by atoms with van der Waals surface area (Å²) in [6.45, 7) is 3.16. The van der Waals surface area contributed by atoms with Gasteiger partial charge in [-0.2, -0.15) is 5.10 Å². The maximum atomic E-state index is 4.48. The highest BCUT2D eigenvalue weighted by Gasteiger charge is 2.23. The fourth-order valence-corrected chi connectivity index (χ4v) is 2.86. The van der Waals surface area contributed by atoms with Gasteiger partial charge in [-0.15, -0.1) is 0 Å². The molecule has 0 amide bonds. The highest BCUT2D eigenvalue weighted by Crippen LogP contribution is 2.34. The number of H-pyrrole nitrogens is 1. The van der Waals surface area contributed by atoms with E-state index in [0.29, 0.717) is 5.92 Å². The number of nitrogens with one attached hydrogen (secondary N) is 1. The van der Waals surface area contributed by atoms with Crippen LogP contribution in [0.1, 0.15) is 25.5 Å². The largest absolute Gasteiger partial charge is 0.329 e. The summed E-state index contributed by atoms with van der Waals surface area (Å²) >= 11 is 0. The third kappa shape index (κ3) is 2.03. The average molecular weight is 280 g/mol. The second kappa shape index (κ2) is 4.80. The van der Waals surface area contributed by atoms with Gasteiger partial charge in [0.1, 0.15) is 17.5 Å². The number of hydrazone groups is 1. The minimum atomic E-state index is 0.510. The van der Waals surface area contributed by atoms with E-state index in [1.165, 1.54) is 5.70 Å². The Morgan fingerprint density at radius 3 is 3.10 bits per heavy atom. The van der Waals surface area contributed by atoms with E-state index in [9.17, 15) is 0 Å². The van der Waals surface area contributed by atoms with Crippen molar-refractivity contribution in [2.75, 3.05) is 6.54 Å². The smallest absolute Gasteiger partial charge is 0.161 e. The Hall–Kier alpha value is -2.50. The zero-order valence-electron chi connectivity index (χ0n) is 11.8. The molecule has 0 radical (unpaired) electrons. The maximum absolute atomic E-state index is 4.48. The average Bonchev–Trinajstić information content (AvgIpc) is 3.18. The maximum Gasteiger partial charge on any atom is 0.161 e. The quantitative estimate of drug-likeness (QED) is 0.916. The number of rotatable bonds is 2. The predicted molar refractivity (Wildman–Crippen MR) is 81.3 cm³/mol. The minimum Gasteiger partial charge on any atom is -0.329 e. The van der Waals surface area contributed by atoms with E-state index in [-0.39, 0.29) is 0 Å². The number of aromatic nitrogens is 4. The first-order valence-corrected chi connectivity index (χ1v) is 7.18. The van der Waals surface area contributed by atoms with Gasteiger partial charge in [0, 0.05) is 30.5 Å². The molecule has 4 rings (SSSR count). The summed E-state index contributed by atoms with van der Waals surface area (Å²) in [5.41, 5.74) is 4.78. The van der Waals surface area contributed by atoms with Crippen LogP contribution in [-0.4, -0.2) is 37.7 Å². The standard InChI is InChI=1S/C15H16N6/c1-10-3-4-11(12(7-10)21-6-2-5-20-21)13-14-15(18-8-16-13)19-9-17-14/h3-5,8-10H,2,6-7H2,1H3,(H,16,17,18,19). The third-order valence-corrected chi connectivity index (χ3v) is 3.89. The molecule has 1 N–H and O–H groups in total. The van der Waals surface area contributed by atoms with Crippen LogP contribution in [0.15, 0.2) is 35.6 Å². The normalized spacial score (nSPS) is 21.8. The fraction of sp³-hybridized carbons (Fsp3) is 0.333. The molecule has 1 unspecified atom stereocenters. The molecule has 0 saturated carbocycles. The van der Waals surface area contributed by atoms with Gasteiger partial charge < -0.3 is 4.98 Å². The van der Waals surface area contributed by atoms with E-state index >= 15 is 0 Å². The monoisotopic (exact) mass is 280 g/mol. The van der Waals surface area contributed by atoms with Crippen molar-refractivity contribution in [1.82, 2.24) is 24.9 Å². The van der Waals surface area contributed by atoms with Crippen LogP contribution in [0.3, 0.4) is 0 Å². The molecule has 21 heavy (non-hydrogen) atoms. The lowest BCUT2D eigenvalue weighted by molar-refractivity contribution is 0.375. The summed E-state index contributed by atoms with van der Waals surface area (Å²) < 4.78 is 0. The van der Waals surface area contributed by atoms with Crippen LogP contribution in [0.25, 0.3) is 16.7 Å². The molecule has 2 aromatic heterocycles. The van der Waals surface area contributed by atoms with E-state index in [4.69, 9.17) is 0 Å². The van der Waals surface area contributed by atoms with Crippen LogP contribution in [0, 0.1) is 5.92 Å². The van der Waals surface area contributed by atoms with Gasteiger partial charge in [-0.25, -0.2) is 15.0 Å². The number of imidazole rings is 1. The van der Waals surface area contributed by atoms with E-state index in [0.717, 1.165) is 41.8 Å². The molecule has 1 aliphatic carbocycles. The Bertz CT molecular complexity index is 769. The molecule has 0 saturated heterocycles. The van der Waals surface area contributed by atoms with Crippen LogP contribution < -0.4 is 0 Å². The van der Waals surface area contributed by atoms with Crippen LogP contribution in [0.2, 0.25) is 0 Å². The summed E-state index contributed by atoms with van der Waals surface area (Å²) in [5, 5.41) is 6.58. The molecule has 2 aromatic rings. The van der Waals surface area contributed by atoms with Gasteiger partial charge in [-0.3, -0.25) is 5.01 Å². The fourth-order valence-electron chi connectivity index (χ4n) is 2.86. The number of hydrogen-bond donors (Lipinski definition) is 1. The second-order valence-electron chi connectivity index (χ2n) is 5.43. The van der Waals surface area contributed by atoms with Crippen molar-refractivity contribution < 1.29 is 0 Å². The Balaban J connectivity index is 1.90. The zero-order chi connectivity index (χ0) is 14.2. The van der Waals surface area contributed by atoms with E-state index < -0.39 is 0 Å². The van der Waals surface area contributed by atoms with E-state index in [2.05, 4.69) is 49.1 Å². The van der Waals surface area contributed by atoms with Crippen LogP contribution in [0.5, 0.6) is 0 Å². The first-order chi connectivity index (χ1) is 10.3. The van der Waals surface area contributed by atoms with E-state index in [1.807, 2.05) is 6.21 Å². The van der Waals surface area contributed by atoms with Crippen LogP contribution in [0.4, 0.5) is 0 Å². The van der Waals surface area contributed by atoms with Crippen molar-refractivity contribution in [3.63, 3.8) is 0 Å². The summed E-state index contributed by atoms with van der Waals surface area (Å²) in [5.74, 6) is 0.510. The highest BCUT2D eigenvalue weighted by molar-refractivity contribution is 5.89. The predicted octanol–water partition coefficient (Wildman–Crippen LogP) is 2.35. The Morgan fingerprint density at radius 1 is 1.29 bits per heavy atom. The van der Waals surface area contributed by atoms with Crippen LogP contribution in [-0.2, 0) is 0 Å². The second-order valence-corrected chi connectivity index (χ2v) is 5.43. The lowest BCUT2D eigenvalue weighted by Crippen LogP contribution is -2.19. The summed E-state index contributed by atoms with van der Waals surface area (Å²) in [6, 6.07) is 0. The SMILES string of the molecule is CC1C=CC(c2ncnc3[nH]cnc23)=C(N2CCC=N2)C1. The zero-order valence-corrected chi connectivity index (χ0v) is 11.8. The number of fused-ring (bicyclic) bond motifs is 1. The third-order valence-electron chi connectivity index (χ3n) is 3.89. The van der Waals surface area contributed by atoms with Crippen molar-refractivity contribution in [3.05, 3.63) is 36.2 Å². The molecule has 0 bridgehead atoms. The Labute approximate surface area is 122 Å². The molecule has 0 spiro atoms. The first kappa shape index (κ1) is 12.3. The van der Waals surface area contributed by atoms with Gasteiger partial charge in [-0.05, 0) is 12.3 Å². The number of hydrogen-bond acceptors (Lipinski definition) is 5. The van der Waals surface area contributed by atoms with Crippen molar-refractivity contribution in [2.45, 2.75) is 19.8 Å². The molecule has 106 valence electrons. The number of allylic oxidation sites excluding steroid dienone is 4. The molecule has 6 heteroatoms. The number of nitrogens with zero attached hydrogens (tertiary/aromatic N) is 5. The highest BCUT2D eigenvalue weighted by atomic mass is 15.5. The summed E-state index contributed by atoms with van der Waals surface area (Å²) in [7, 11) is 0. The van der Waals surface area contributed by atoms with Crippen LogP contribution >= 0.6 is 0 Å². The summed E-state index contributed by atoms with van der Waals surface area (Å²) in [4.78, 5) is 16.1. The topological polar surface area (TPSA) is 70.1 Å². The van der Waals surface area contributed by atoms with Gasteiger partial charge >= 0.3 is 0 Å². The Morgan fingerprint density at radius 2 is 2.24 bits per heavy atom. The minimum absolute atomic E-state index is 0.510. The first-order valence-electron chi connectivity index (χ1n) is 7.18. The van der Waals surface area contributed by atoms with Crippen molar-refractivity contribution in [1.29, 1.82) is 0 Å². The van der Waals surface area contributed by atoms with Crippen molar-refractivity contribution >= 4 is 23.0 Å². The van der Waals surface area contributed by atoms with Gasteiger partial charge in [0.05, 0.1) is 6.33 Å². The van der Waals surface area contributed by atoms with Gasteiger partial charge in [-0.1, -0.05) is 19.1 Å². The molecule has 3 heterocycles. The number of aromatic amines is 1. The lowest BCUT2D eigenvalue weighted by Gasteiger charge is -2.26. The molecule has 0 fully saturated rings. The molecule has 2 aliphatic rings. The molecule has 6 nitrogen and oxygen atoms in total. The van der Waals surface area contributed by atoms with E-state index in [1.54, 1.807) is 12.7 Å². The van der Waals surface area contributed by atoms with Gasteiger partial charge in [0.15, 0.2) is 5.65 Å². The van der Waals surface area contributed by atoms with Crippen molar-refractivity contribution in [2.24, 2.45) is 11.0 Å². The van der Waals surface area contributed by atoms with Crippen molar-refractivity contribution in [3.8, 4) is 0 Å². The molecular weight excluding hydrogens is 264 g/mol. The molecule has 0 aromatic carbocycles. The van der Waals surface area contributed by atoms with Gasteiger partial charge in [0.25, 0.3) is 0 Å². The molecule has 1 aliphatic heterocycles. The molecular formula is C15H16N6.